The maximum absolute atomic E-state index is 12.9. The topological polar surface area (TPSA) is 75.0 Å². The number of nitrogens with two attached hydrogens (primary N) is 1. The van der Waals surface area contributed by atoms with Crippen LogP contribution in [0.25, 0.3) is 0 Å². The Morgan fingerprint density at radius 2 is 2.00 bits per heavy atom. The Bertz CT molecular complexity index is 512. The van der Waals surface area contributed by atoms with Crippen molar-refractivity contribution >= 4 is 11.6 Å². The van der Waals surface area contributed by atoms with E-state index in [2.05, 4.69) is 24.0 Å². The van der Waals surface area contributed by atoms with Gasteiger partial charge in [-0.05, 0) is 31.6 Å². The summed E-state index contributed by atoms with van der Waals surface area (Å²) in [5.41, 5.74) is 8.15. The first-order valence-corrected chi connectivity index (χ1v) is 8.22. The molecule has 5 heteroatoms. The van der Waals surface area contributed by atoms with Crippen LogP contribution in [0.5, 0.6) is 0 Å². The number of nitrogens with zero attached hydrogens (tertiary/aromatic N) is 2. The fourth-order valence-corrected chi connectivity index (χ4v) is 3.35. The third-order valence-electron chi connectivity index (χ3n) is 4.61. The molecule has 0 aliphatic heterocycles. The largest absolute Gasteiger partial charge is 0.395 e. The summed E-state index contributed by atoms with van der Waals surface area (Å²) in [6, 6.07) is 0.361. The monoisotopic (exact) mass is 290 g/mol. The first-order valence-electron chi connectivity index (χ1n) is 8.22. The van der Waals surface area contributed by atoms with Crippen LogP contribution >= 0.6 is 0 Å². The number of carbonyl (C=O) groups excluding carboxylic acids is 1. The summed E-state index contributed by atoms with van der Waals surface area (Å²) in [6.45, 7) is 5.09. The molecule has 3 rings (SSSR count). The predicted molar refractivity (Wildman–Crippen MR) is 83.1 cm³/mol. The molecule has 1 amide bonds. The Morgan fingerprint density at radius 3 is 2.57 bits per heavy atom. The van der Waals surface area contributed by atoms with Gasteiger partial charge in [-0.15, -0.1) is 0 Å². The standard InChI is InChI=1S/C16H26N4O/c1-10(2)9-20(12-5-3-4-6-12)16(21)15-13(17)14(18-19-15)11-7-8-11/h10-12H,3-9,17H2,1-2H3,(H,18,19). The van der Waals surface area contributed by atoms with E-state index in [1.807, 2.05) is 4.90 Å². The lowest BCUT2D eigenvalue weighted by Crippen LogP contribution is -2.41. The molecule has 21 heavy (non-hydrogen) atoms. The molecule has 2 aliphatic rings. The van der Waals surface area contributed by atoms with Gasteiger partial charge < -0.3 is 10.6 Å². The zero-order valence-electron chi connectivity index (χ0n) is 13.1. The molecule has 3 N–H and O–H groups in total. The zero-order valence-corrected chi connectivity index (χ0v) is 13.1. The SMILES string of the molecule is CC(C)CN(C(=O)c1n[nH]c(C2CC2)c1N)C1CCCC1. The van der Waals surface area contributed by atoms with Crippen molar-refractivity contribution in [2.75, 3.05) is 12.3 Å². The van der Waals surface area contributed by atoms with Gasteiger partial charge >= 0.3 is 0 Å². The molecule has 0 spiro atoms. The minimum atomic E-state index is 0.0104. The summed E-state index contributed by atoms with van der Waals surface area (Å²) < 4.78 is 0. The summed E-state index contributed by atoms with van der Waals surface area (Å²) in [5, 5.41) is 7.23. The minimum absolute atomic E-state index is 0.0104. The Labute approximate surface area is 126 Å². The maximum atomic E-state index is 12.9. The molecule has 2 fully saturated rings. The van der Waals surface area contributed by atoms with Gasteiger partial charge in [-0.2, -0.15) is 5.10 Å². The number of amides is 1. The molecule has 0 radical (unpaired) electrons. The van der Waals surface area contributed by atoms with Crippen LogP contribution in [0.15, 0.2) is 0 Å². The molecule has 0 aromatic carbocycles. The number of nitrogen functional groups attached to an aromatic ring is 1. The van der Waals surface area contributed by atoms with Crippen molar-refractivity contribution in [3.05, 3.63) is 11.4 Å². The van der Waals surface area contributed by atoms with Gasteiger partial charge in [-0.3, -0.25) is 9.89 Å². The van der Waals surface area contributed by atoms with Crippen LogP contribution < -0.4 is 5.73 Å². The van der Waals surface area contributed by atoms with E-state index < -0.39 is 0 Å². The fraction of sp³-hybridized carbons (Fsp3) is 0.750. The lowest BCUT2D eigenvalue weighted by Gasteiger charge is -2.30. The second kappa shape index (κ2) is 5.70. The molecule has 0 unspecified atom stereocenters. The first-order chi connectivity index (χ1) is 10.1. The lowest BCUT2D eigenvalue weighted by molar-refractivity contribution is 0.0650. The molecule has 2 saturated carbocycles. The molecular weight excluding hydrogens is 264 g/mol. The van der Waals surface area contributed by atoms with Gasteiger partial charge in [0, 0.05) is 18.5 Å². The van der Waals surface area contributed by atoms with Crippen LogP contribution in [0.3, 0.4) is 0 Å². The third kappa shape index (κ3) is 2.92. The molecule has 1 aromatic rings. The van der Waals surface area contributed by atoms with E-state index >= 15 is 0 Å². The van der Waals surface area contributed by atoms with Gasteiger partial charge in [-0.25, -0.2) is 0 Å². The van der Waals surface area contributed by atoms with E-state index in [9.17, 15) is 4.79 Å². The van der Waals surface area contributed by atoms with Crippen LogP contribution in [0.4, 0.5) is 5.69 Å². The van der Waals surface area contributed by atoms with E-state index in [0.717, 1.165) is 37.9 Å². The number of aromatic nitrogens is 2. The number of rotatable bonds is 5. The number of carbonyl (C=O) groups is 1. The van der Waals surface area contributed by atoms with Crippen LogP contribution in [0, 0.1) is 5.92 Å². The van der Waals surface area contributed by atoms with E-state index in [4.69, 9.17) is 5.73 Å². The molecule has 0 bridgehead atoms. The third-order valence-corrected chi connectivity index (χ3v) is 4.61. The molecule has 5 nitrogen and oxygen atoms in total. The van der Waals surface area contributed by atoms with Gasteiger partial charge in [-0.1, -0.05) is 26.7 Å². The van der Waals surface area contributed by atoms with E-state index in [1.54, 1.807) is 0 Å². The molecular formula is C16H26N4O. The highest BCUT2D eigenvalue weighted by Crippen LogP contribution is 2.42. The number of aromatic amines is 1. The van der Waals surface area contributed by atoms with Crippen molar-refractivity contribution in [3.63, 3.8) is 0 Å². The Hall–Kier alpha value is -1.52. The second-order valence-corrected chi connectivity index (χ2v) is 6.96. The molecule has 116 valence electrons. The normalized spacial score (nSPS) is 19.4. The quantitative estimate of drug-likeness (QED) is 0.875. The highest BCUT2D eigenvalue weighted by molar-refractivity contribution is 5.98. The van der Waals surface area contributed by atoms with Crippen molar-refractivity contribution in [3.8, 4) is 0 Å². The average molecular weight is 290 g/mol. The summed E-state index contributed by atoms with van der Waals surface area (Å²) >= 11 is 0. The van der Waals surface area contributed by atoms with E-state index in [0.29, 0.717) is 29.3 Å². The van der Waals surface area contributed by atoms with Crippen molar-refractivity contribution in [1.29, 1.82) is 0 Å². The number of H-pyrrole nitrogens is 1. The summed E-state index contributed by atoms with van der Waals surface area (Å²) in [5.74, 6) is 0.956. The summed E-state index contributed by atoms with van der Waals surface area (Å²) in [4.78, 5) is 14.9. The van der Waals surface area contributed by atoms with Crippen LogP contribution in [0.1, 0.15) is 74.5 Å². The van der Waals surface area contributed by atoms with Crippen LogP contribution in [-0.4, -0.2) is 33.6 Å². The number of hydrogen-bond donors (Lipinski definition) is 2. The second-order valence-electron chi connectivity index (χ2n) is 6.96. The highest BCUT2D eigenvalue weighted by Gasteiger charge is 2.34. The Balaban J connectivity index is 1.82. The fourth-order valence-electron chi connectivity index (χ4n) is 3.35. The number of hydrogen-bond acceptors (Lipinski definition) is 3. The summed E-state index contributed by atoms with van der Waals surface area (Å²) in [6.07, 6.45) is 6.96. The molecule has 0 atom stereocenters. The molecule has 1 heterocycles. The van der Waals surface area contributed by atoms with E-state index in [1.165, 1.54) is 12.8 Å². The van der Waals surface area contributed by atoms with Crippen molar-refractivity contribution in [2.45, 2.75) is 64.3 Å². The average Bonchev–Trinajstić information content (AvgIpc) is 2.99. The Kier molecular flexibility index (Phi) is 3.91. The smallest absolute Gasteiger partial charge is 0.276 e. The van der Waals surface area contributed by atoms with Crippen LogP contribution in [0.2, 0.25) is 0 Å². The van der Waals surface area contributed by atoms with Gasteiger partial charge in [0.1, 0.15) is 0 Å². The van der Waals surface area contributed by atoms with Gasteiger partial charge in [0.05, 0.1) is 11.4 Å². The van der Waals surface area contributed by atoms with Crippen molar-refractivity contribution in [2.24, 2.45) is 5.92 Å². The predicted octanol–water partition coefficient (Wildman–Crippen LogP) is 2.91. The zero-order chi connectivity index (χ0) is 15.0. The van der Waals surface area contributed by atoms with Gasteiger partial charge in [0.25, 0.3) is 5.91 Å². The lowest BCUT2D eigenvalue weighted by atomic mass is 10.1. The Morgan fingerprint density at radius 1 is 1.33 bits per heavy atom. The molecule has 2 aliphatic carbocycles. The molecule has 0 saturated heterocycles. The van der Waals surface area contributed by atoms with Crippen molar-refractivity contribution in [1.82, 2.24) is 15.1 Å². The number of anilines is 1. The van der Waals surface area contributed by atoms with Gasteiger partial charge in [0.15, 0.2) is 5.69 Å². The van der Waals surface area contributed by atoms with E-state index in [-0.39, 0.29) is 5.91 Å². The molecule has 1 aromatic heterocycles. The maximum Gasteiger partial charge on any atom is 0.276 e. The van der Waals surface area contributed by atoms with Crippen molar-refractivity contribution < 1.29 is 4.79 Å². The van der Waals surface area contributed by atoms with Gasteiger partial charge in [0.2, 0.25) is 0 Å². The number of nitrogens with one attached hydrogen (secondary N) is 1. The summed E-state index contributed by atoms with van der Waals surface area (Å²) in [7, 11) is 0. The first kappa shape index (κ1) is 14.4. The highest BCUT2D eigenvalue weighted by atomic mass is 16.2. The van der Waals surface area contributed by atoms with Crippen LogP contribution in [-0.2, 0) is 0 Å². The minimum Gasteiger partial charge on any atom is -0.395 e.